The lowest BCUT2D eigenvalue weighted by atomic mass is 10.00. The SMILES string of the molecule is C=CCCCCCCCCCCCCCCCC(=O)O[C@H](COC(=O)CCCCCCC/C=C/CCCCCC)CO[C@H]1O[C@H](CS(=O)(=O)O)[C@@H](O)C(O)C1O. The molecule has 328 valence electrons. The van der Waals surface area contributed by atoms with Gasteiger partial charge in [-0.3, -0.25) is 14.1 Å². The van der Waals surface area contributed by atoms with Gasteiger partial charge in [-0.2, -0.15) is 8.42 Å². The highest BCUT2D eigenvalue weighted by Crippen LogP contribution is 2.24. The summed E-state index contributed by atoms with van der Waals surface area (Å²) < 4.78 is 54.0. The van der Waals surface area contributed by atoms with E-state index in [-0.39, 0.29) is 19.4 Å². The molecule has 0 aromatic heterocycles. The summed E-state index contributed by atoms with van der Waals surface area (Å²) in [5.74, 6) is -1.99. The van der Waals surface area contributed by atoms with Crippen LogP contribution in [0.3, 0.4) is 0 Å². The summed E-state index contributed by atoms with van der Waals surface area (Å²) in [6, 6.07) is 0. The van der Waals surface area contributed by atoms with Crippen LogP contribution in [0.15, 0.2) is 24.8 Å². The summed E-state index contributed by atoms with van der Waals surface area (Å²) in [6.45, 7) is 5.26. The minimum atomic E-state index is -4.60. The Bertz CT molecular complexity index is 1130. The standard InChI is InChI=1S/C43H78O12S/c1-3-5-7-9-11-13-15-17-18-20-22-24-26-28-30-32-39(45)54-36(34-53-43-42(48)41(47)40(46)37(55-43)35-56(49,50)51)33-52-38(44)31-29-27-25-23-21-19-16-14-12-10-8-6-4-2/h3,14,16,36-37,40-43,46-48H,1,4-13,15,17-35H2,2H3,(H,49,50,51)/b16-14+/t36-,37-,40-,41?,42?,43+/m1/s1. The fraction of sp³-hybridized carbons (Fsp3) is 0.860. The number of aliphatic hydroxyl groups excluding tert-OH is 3. The van der Waals surface area contributed by atoms with E-state index in [1.54, 1.807) is 0 Å². The highest BCUT2D eigenvalue weighted by atomic mass is 32.2. The van der Waals surface area contributed by atoms with Crippen molar-refractivity contribution in [3.63, 3.8) is 0 Å². The summed E-state index contributed by atoms with van der Waals surface area (Å²) in [5, 5.41) is 30.8. The van der Waals surface area contributed by atoms with Crippen LogP contribution in [0.4, 0.5) is 0 Å². The lowest BCUT2D eigenvalue weighted by molar-refractivity contribution is -0.297. The highest BCUT2D eigenvalue weighted by Gasteiger charge is 2.46. The van der Waals surface area contributed by atoms with Crippen LogP contribution in [-0.2, 0) is 38.7 Å². The van der Waals surface area contributed by atoms with Gasteiger partial charge in [-0.05, 0) is 51.4 Å². The molecule has 1 heterocycles. The van der Waals surface area contributed by atoms with Crippen molar-refractivity contribution in [3.8, 4) is 0 Å². The van der Waals surface area contributed by atoms with Crippen LogP contribution in [-0.4, -0.2) is 96.0 Å². The Morgan fingerprint density at radius 2 is 1.11 bits per heavy atom. The molecular weight excluding hydrogens is 741 g/mol. The number of rotatable bonds is 37. The number of carbonyl (C=O) groups excluding carboxylic acids is 2. The van der Waals surface area contributed by atoms with Gasteiger partial charge in [-0.1, -0.05) is 134 Å². The van der Waals surface area contributed by atoms with Crippen LogP contribution in [0.25, 0.3) is 0 Å². The summed E-state index contributed by atoms with van der Waals surface area (Å²) in [6.07, 6.45) is 25.4. The average Bonchev–Trinajstić information content (AvgIpc) is 3.16. The molecule has 12 nitrogen and oxygen atoms in total. The van der Waals surface area contributed by atoms with Gasteiger partial charge in [0.15, 0.2) is 12.4 Å². The second-order valence-electron chi connectivity index (χ2n) is 15.4. The van der Waals surface area contributed by atoms with Crippen molar-refractivity contribution in [2.24, 2.45) is 0 Å². The third-order valence-electron chi connectivity index (χ3n) is 10.1. The molecule has 1 rings (SSSR count). The highest BCUT2D eigenvalue weighted by molar-refractivity contribution is 7.85. The number of esters is 2. The smallest absolute Gasteiger partial charge is 0.306 e. The van der Waals surface area contributed by atoms with E-state index >= 15 is 0 Å². The number of hydrogen-bond donors (Lipinski definition) is 4. The predicted octanol–water partition coefficient (Wildman–Crippen LogP) is 8.45. The largest absolute Gasteiger partial charge is 0.462 e. The molecule has 1 saturated heterocycles. The summed E-state index contributed by atoms with van der Waals surface area (Å²) in [4.78, 5) is 25.3. The quantitative estimate of drug-likeness (QED) is 0.0203. The van der Waals surface area contributed by atoms with Crippen molar-refractivity contribution >= 4 is 22.1 Å². The summed E-state index contributed by atoms with van der Waals surface area (Å²) in [5.41, 5.74) is 0. The number of carbonyl (C=O) groups is 2. The zero-order valence-corrected chi connectivity index (χ0v) is 35.4. The van der Waals surface area contributed by atoms with Crippen molar-refractivity contribution in [1.29, 1.82) is 0 Å². The lowest BCUT2D eigenvalue weighted by Crippen LogP contribution is -2.60. The molecule has 0 amide bonds. The molecule has 13 heteroatoms. The van der Waals surface area contributed by atoms with Crippen molar-refractivity contribution in [2.45, 2.75) is 217 Å². The van der Waals surface area contributed by atoms with Gasteiger partial charge in [0.05, 0.1) is 6.61 Å². The van der Waals surface area contributed by atoms with Crippen molar-refractivity contribution in [3.05, 3.63) is 24.8 Å². The normalized spacial score (nSPS) is 20.6. The minimum Gasteiger partial charge on any atom is -0.462 e. The molecule has 0 aromatic rings. The van der Waals surface area contributed by atoms with Gasteiger partial charge in [0.25, 0.3) is 10.1 Å². The van der Waals surface area contributed by atoms with E-state index in [9.17, 15) is 37.9 Å². The molecule has 4 N–H and O–H groups in total. The maximum absolute atomic E-state index is 12.8. The van der Waals surface area contributed by atoms with Gasteiger partial charge in [0.1, 0.15) is 36.8 Å². The van der Waals surface area contributed by atoms with Crippen LogP contribution in [0.5, 0.6) is 0 Å². The molecule has 1 aliphatic heterocycles. The summed E-state index contributed by atoms with van der Waals surface area (Å²) >= 11 is 0. The first-order valence-electron chi connectivity index (χ1n) is 21.9. The molecule has 6 atom stereocenters. The Kier molecular flexibility index (Phi) is 31.7. The molecule has 0 aliphatic carbocycles. The van der Waals surface area contributed by atoms with Gasteiger partial charge in [0.2, 0.25) is 0 Å². The lowest BCUT2D eigenvalue weighted by Gasteiger charge is -2.40. The first kappa shape index (κ1) is 52.1. The zero-order chi connectivity index (χ0) is 41.3. The van der Waals surface area contributed by atoms with Gasteiger partial charge in [0, 0.05) is 12.8 Å². The number of unbranched alkanes of at least 4 members (excludes halogenated alkanes) is 22. The van der Waals surface area contributed by atoms with Gasteiger partial charge in [-0.15, -0.1) is 6.58 Å². The number of allylic oxidation sites excluding steroid dienone is 3. The van der Waals surface area contributed by atoms with Gasteiger partial charge >= 0.3 is 11.9 Å². The maximum atomic E-state index is 12.8. The molecule has 0 aromatic carbocycles. The Balaban J connectivity index is 2.46. The second kappa shape index (κ2) is 34.0. The van der Waals surface area contributed by atoms with E-state index < -0.39 is 71.2 Å². The van der Waals surface area contributed by atoms with Crippen LogP contribution >= 0.6 is 0 Å². The zero-order valence-electron chi connectivity index (χ0n) is 34.6. The number of aliphatic hydroxyl groups is 3. The van der Waals surface area contributed by atoms with Crippen molar-refractivity contribution in [2.75, 3.05) is 19.0 Å². The van der Waals surface area contributed by atoms with E-state index in [2.05, 4.69) is 25.7 Å². The minimum absolute atomic E-state index is 0.163. The van der Waals surface area contributed by atoms with E-state index in [0.717, 1.165) is 64.2 Å². The Labute approximate surface area is 338 Å². The topological polar surface area (TPSA) is 186 Å². The van der Waals surface area contributed by atoms with Gasteiger partial charge in [-0.25, -0.2) is 0 Å². The molecule has 1 fully saturated rings. The predicted molar refractivity (Wildman–Crippen MR) is 220 cm³/mol. The molecule has 1 aliphatic rings. The van der Waals surface area contributed by atoms with E-state index in [1.807, 2.05) is 6.08 Å². The molecule has 0 saturated carbocycles. The van der Waals surface area contributed by atoms with Crippen LogP contribution in [0, 0.1) is 0 Å². The number of ether oxygens (including phenoxy) is 4. The fourth-order valence-corrected chi connectivity index (χ4v) is 7.40. The first-order chi connectivity index (χ1) is 27.0. The average molecular weight is 819 g/mol. The molecule has 56 heavy (non-hydrogen) atoms. The monoisotopic (exact) mass is 819 g/mol. The maximum Gasteiger partial charge on any atom is 0.306 e. The van der Waals surface area contributed by atoms with Gasteiger partial charge < -0.3 is 34.3 Å². The van der Waals surface area contributed by atoms with E-state index in [0.29, 0.717) is 12.8 Å². The summed E-state index contributed by atoms with van der Waals surface area (Å²) in [7, 11) is -4.60. The molecule has 2 unspecified atom stereocenters. The first-order valence-corrected chi connectivity index (χ1v) is 23.5. The van der Waals surface area contributed by atoms with Crippen molar-refractivity contribution < 1.29 is 56.8 Å². The Hall–Kier alpha value is -1.87. The number of hydrogen-bond acceptors (Lipinski definition) is 11. The third kappa shape index (κ3) is 28.5. The van der Waals surface area contributed by atoms with Crippen LogP contribution in [0.1, 0.15) is 180 Å². The van der Waals surface area contributed by atoms with Crippen LogP contribution in [0.2, 0.25) is 0 Å². The molecule has 0 radical (unpaired) electrons. The van der Waals surface area contributed by atoms with Crippen LogP contribution < -0.4 is 0 Å². The Morgan fingerprint density at radius 3 is 1.61 bits per heavy atom. The second-order valence-corrected chi connectivity index (χ2v) is 16.9. The molecular formula is C43H78O12S. The fourth-order valence-electron chi connectivity index (χ4n) is 6.71. The molecule has 0 spiro atoms. The third-order valence-corrected chi connectivity index (χ3v) is 10.9. The Morgan fingerprint density at radius 1 is 0.643 bits per heavy atom. The van der Waals surface area contributed by atoms with E-state index in [1.165, 1.54) is 83.5 Å². The molecule has 0 bridgehead atoms. The van der Waals surface area contributed by atoms with Crippen molar-refractivity contribution in [1.82, 2.24) is 0 Å². The van der Waals surface area contributed by atoms with E-state index in [4.69, 9.17) is 18.9 Å².